The Morgan fingerprint density at radius 1 is 1.33 bits per heavy atom. The first-order chi connectivity index (χ1) is 10.1. The van der Waals surface area contributed by atoms with Crippen LogP contribution in [0.5, 0.6) is 5.75 Å². The van der Waals surface area contributed by atoms with Gasteiger partial charge < -0.3 is 15.7 Å². The molecule has 21 heavy (non-hydrogen) atoms. The highest BCUT2D eigenvalue weighted by Gasteiger charge is 2.18. The summed E-state index contributed by atoms with van der Waals surface area (Å²) in [5.41, 5.74) is 6.93. The molecule has 4 nitrogen and oxygen atoms in total. The molecule has 0 spiro atoms. The minimum absolute atomic E-state index is 0.0559. The van der Waals surface area contributed by atoms with Crippen molar-refractivity contribution in [2.45, 2.75) is 18.9 Å². The van der Waals surface area contributed by atoms with E-state index in [4.69, 9.17) is 5.73 Å². The Hall–Kier alpha value is -1.85. The Bertz CT molecular complexity index is 566. The molecule has 0 radical (unpaired) electrons. The molecule has 0 aliphatic heterocycles. The third kappa shape index (κ3) is 4.58. The van der Waals surface area contributed by atoms with Crippen molar-refractivity contribution in [3.05, 3.63) is 52.2 Å². The van der Waals surface area contributed by atoms with Crippen LogP contribution in [0.1, 0.15) is 10.4 Å². The molecule has 5 heteroatoms. The van der Waals surface area contributed by atoms with Crippen molar-refractivity contribution >= 4 is 17.2 Å². The zero-order valence-electron chi connectivity index (χ0n) is 12.0. The third-order valence-corrected chi connectivity index (χ3v) is 4.30. The molecule has 1 aromatic carbocycles. The van der Waals surface area contributed by atoms with Crippen LogP contribution in [0.3, 0.4) is 0 Å². The number of hydrogen-bond donors (Lipinski definition) is 2. The Morgan fingerprint density at radius 3 is 2.67 bits per heavy atom. The van der Waals surface area contributed by atoms with Crippen molar-refractivity contribution in [1.29, 1.82) is 0 Å². The first kappa shape index (κ1) is 15.5. The van der Waals surface area contributed by atoms with Crippen molar-refractivity contribution in [1.82, 2.24) is 4.90 Å². The van der Waals surface area contributed by atoms with Gasteiger partial charge >= 0.3 is 0 Å². The number of carbonyl (C=O) groups excluding carboxylic acids is 1. The maximum absolute atomic E-state index is 12.2. The van der Waals surface area contributed by atoms with Crippen molar-refractivity contribution in [3.8, 4) is 5.75 Å². The number of thiophene rings is 1. The smallest absolute Gasteiger partial charge is 0.239 e. The molecule has 1 heterocycles. The average Bonchev–Trinajstić information content (AvgIpc) is 2.99. The van der Waals surface area contributed by atoms with Crippen molar-refractivity contribution in [3.63, 3.8) is 0 Å². The zero-order chi connectivity index (χ0) is 15.2. The number of likely N-dealkylation sites (N-methyl/N-ethyl adjacent to an activating group) is 1. The molecule has 0 bridgehead atoms. The van der Waals surface area contributed by atoms with Gasteiger partial charge in [-0.25, -0.2) is 0 Å². The van der Waals surface area contributed by atoms with Crippen LogP contribution in [-0.4, -0.2) is 35.5 Å². The number of hydrogen-bond acceptors (Lipinski definition) is 4. The van der Waals surface area contributed by atoms with Crippen molar-refractivity contribution < 1.29 is 9.90 Å². The zero-order valence-corrected chi connectivity index (χ0v) is 12.8. The van der Waals surface area contributed by atoms with Crippen LogP contribution in [0.4, 0.5) is 0 Å². The van der Waals surface area contributed by atoms with Gasteiger partial charge in [0.1, 0.15) is 5.75 Å². The monoisotopic (exact) mass is 304 g/mol. The lowest BCUT2D eigenvalue weighted by molar-refractivity contribution is -0.131. The van der Waals surface area contributed by atoms with Gasteiger partial charge in [-0.3, -0.25) is 4.79 Å². The van der Waals surface area contributed by atoms with Gasteiger partial charge in [-0.05, 0) is 42.0 Å². The Kier molecular flexibility index (Phi) is 5.36. The Morgan fingerprint density at radius 2 is 2.05 bits per heavy atom. The summed E-state index contributed by atoms with van der Waals surface area (Å²) in [6.07, 6.45) is 1.33. The summed E-state index contributed by atoms with van der Waals surface area (Å²) in [5.74, 6) is 0.159. The van der Waals surface area contributed by atoms with Crippen LogP contribution in [0.25, 0.3) is 0 Å². The van der Waals surface area contributed by atoms with Gasteiger partial charge in [0.25, 0.3) is 0 Å². The molecule has 0 saturated carbocycles. The lowest BCUT2D eigenvalue weighted by Gasteiger charge is -2.21. The molecular weight excluding hydrogens is 284 g/mol. The normalized spacial score (nSPS) is 12.1. The second-order valence-electron chi connectivity index (χ2n) is 5.07. The Labute approximate surface area is 128 Å². The third-order valence-electron chi connectivity index (χ3n) is 3.36. The van der Waals surface area contributed by atoms with E-state index in [1.165, 1.54) is 4.88 Å². The van der Waals surface area contributed by atoms with Crippen molar-refractivity contribution in [2.24, 2.45) is 5.73 Å². The number of nitrogens with zero attached hydrogens (tertiary/aromatic N) is 1. The van der Waals surface area contributed by atoms with Crippen molar-refractivity contribution in [2.75, 3.05) is 13.6 Å². The predicted molar refractivity (Wildman–Crippen MR) is 85.4 cm³/mol. The van der Waals surface area contributed by atoms with Crippen LogP contribution in [0.15, 0.2) is 41.8 Å². The molecule has 0 fully saturated rings. The largest absolute Gasteiger partial charge is 0.508 e. The van der Waals surface area contributed by atoms with Crippen LogP contribution >= 0.6 is 11.3 Å². The maximum atomic E-state index is 12.2. The number of phenols is 1. The SMILES string of the molecule is CN(CCc1cccs1)C(=O)[C@H](N)Cc1ccc(O)cc1. The minimum atomic E-state index is -0.553. The number of aromatic hydroxyl groups is 1. The van der Waals surface area contributed by atoms with Crippen LogP contribution < -0.4 is 5.73 Å². The lowest BCUT2D eigenvalue weighted by Crippen LogP contribution is -2.43. The first-order valence-electron chi connectivity index (χ1n) is 6.87. The summed E-state index contributed by atoms with van der Waals surface area (Å²) in [6.45, 7) is 0.669. The van der Waals surface area contributed by atoms with E-state index < -0.39 is 6.04 Å². The Balaban J connectivity index is 1.84. The summed E-state index contributed by atoms with van der Waals surface area (Å²) in [5, 5.41) is 11.3. The van der Waals surface area contributed by atoms with Crippen LogP contribution in [0.2, 0.25) is 0 Å². The fourth-order valence-corrected chi connectivity index (χ4v) is 2.80. The number of carbonyl (C=O) groups is 1. The lowest BCUT2D eigenvalue weighted by atomic mass is 10.1. The topological polar surface area (TPSA) is 66.6 Å². The quantitative estimate of drug-likeness (QED) is 0.858. The van der Waals surface area contributed by atoms with E-state index in [0.29, 0.717) is 13.0 Å². The second-order valence-corrected chi connectivity index (χ2v) is 6.10. The van der Waals surface area contributed by atoms with E-state index in [1.807, 2.05) is 11.4 Å². The van der Waals surface area contributed by atoms with Crippen LogP contribution in [-0.2, 0) is 17.6 Å². The van der Waals surface area contributed by atoms with Gasteiger partial charge in [0, 0.05) is 18.5 Å². The van der Waals surface area contributed by atoms with Gasteiger partial charge in [0.2, 0.25) is 5.91 Å². The maximum Gasteiger partial charge on any atom is 0.239 e. The first-order valence-corrected chi connectivity index (χ1v) is 7.75. The molecule has 112 valence electrons. The van der Waals surface area contributed by atoms with Gasteiger partial charge in [0.05, 0.1) is 6.04 Å². The van der Waals surface area contributed by atoms with E-state index in [9.17, 15) is 9.90 Å². The number of nitrogens with two attached hydrogens (primary N) is 1. The summed E-state index contributed by atoms with van der Waals surface area (Å²) in [4.78, 5) is 15.2. The highest BCUT2D eigenvalue weighted by atomic mass is 32.1. The van der Waals surface area contributed by atoms with E-state index in [0.717, 1.165) is 12.0 Å². The predicted octanol–water partition coefficient (Wildman–Crippen LogP) is 2.02. The average molecular weight is 304 g/mol. The fraction of sp³-hybridized carbons (Fsp3) is 0.312. The molecular formula is C16H20N2O2S. The summed E-state index contributed by atoms with van der Waals surface area (Å²) in [6, 6.07) is 10.3. The molecule has 0 unspecified atom stereocenters. The van der Waals surface area contributed by atoms with E-state index in [-0.39, 0.29) is 11.7 Å². The molecule has 0 saturated heterocycles. The van der Waals surface area contributed by atoms with Gasteiger partial charge in [0.15, 0.2) is 0 Å². The minimum Gasteiger partial charge on any atom is -0.508 e. The van der Waals surface area contributed by atoms with E-state index in [2.05, 4.69) is 6.07 Å². The van der Waals surface area contributed by atoms with Gasteiger partial charge in [-0.1, -0.05) is 18.2 Å². The molecule has 1 amide bonds. The molecule has 3 N–H and O–H groups in total. The number of benzene rings is 1. The highest BCUT2D eigenvalue weighted by Crippen LogP contribution is 2.12. The molecule has 0 aliphatic rings. The second kappa shape index (κ2) is 7.24. The van der Waals surface area contributed by atoms with Gasteiger partial charge in [-0.2, -0.15) is 0 Å². The molecule has 1 aromatic heterocycles. The number of rotatable bonds is 6. The van der Waals surface area contributed by atoms with Crippen LogP contribution in [0, 0.1) is 0 Å². The highest BCUT2D eigenvalue weighted by molar-refractivity contribution is 7.09. The van der Waals surface area contributed by atoms with E-state index >= 15 is 0 Å². The number of phenolic OH excluding ortho intramolecular Hbond substituents is 1. The summed E-state index contributed by atoms with van der Waals surface area (Å²) < 4.78 is 0. The summed E-state index contributed by atoms with van der Waals surface area (Å²) in [7, 11) is 1.78. The van der Waals surface area contributed by atoms with E-state index in [1.54, 1.807) is 47.5 Å². The van der Waals surface area contributed by atoms with Gasteiger partial charge in [-0.15, -0.1) is 11.3 Å². The molecule has 0 aliphatic carbocycles. The standard InChI is InChI=1S/C16H20N2O2S/c1-18(9-8-14-3-2-10-21-14)16(20)15(17)11-12-4-6-13(19)7-5-12/h2-7,10,15,19H,8-9,11,17H2,1H3/t15-/m1/s1. The molecule has 1 atom stereocenters. The molecule has 2 aromatic rings. The summed E-state index contributed by atoms with van der Waals surface area (Å²) >= 11 is 1.70. The molecule has 2 rings (SSSR count). The fourth-order valence-electron chi connectivity index (χ4n) is 2.10. The number of amides is 1.